The van der Waals surface area contributed by atoms with Gasteiger partial charge in [0.05, 0.1) is 23.3 Å². The number of hydrogen-bond donors (Lipinski definition) is 2. The third-order valence-corrected chi connectivity index (χ3v) is 4.22. The first-order valence-electron chi connectivity index (χ1n) is 7.92. The molecule has 3 heterocycles. The fourth-order valence-corrected chi connectivity index (χ4v) is 2.86. The predicted octanol–water partition coefficient (Wildman–Crippen LogP) is 3.80. The zero-order chi connectivity index (χ0) is 18.1. The second kappa shape index (κ2) is 6.61. The van der Waals surface area contributed by atoms with Gasteiger partial charge in [0.25, 0.3) is 5.56 Å². The topological polar surface area (TPSA) is 96.7 Å². The molecule has 0 aliphatic heterocycles. The summed E-state index contributed by atoms with van der Waals surface area (Å²) in [4.78, 5) is 24.0. The number of aromatic nitrogens is 4. The van der Waals surface area contributed by atoms with Gasteiger partial charge in [-0.05, 0) is 42.8 Å². The van der Waals surface area contributed by atoms with Crippen LogP contribution in [0.5, 0.6) is 0 Å². The first kappa shape index (κ1) is 16.3. The van der Waals surface area contributed by atoms with Crippen molar-refractivity contribution < 1.29 is 4.52 Å². The van der Waals surface area contributed by atoms with Crippen molar-refractivity contribution in [1.29, 1.82) is 0 Å². The quantitative estimate of drug-likeness (QED) is 0.569. The first-order valence-corrected chi connectivity index (χ1v) is 8.30. The van der Waals surface area contributed by atoms with Gasteiger partial charge in [0.1, 0.15) is 17.8 Å². The third kappa shape index (κ3) is 3.16. The minimum absolute atomic E-state index is 0.255. The monoisotopic (exact) mass is 367 g/mol. The highest BCUT2D eigenvalue weighted by Gasteiger charge is 2.14. The number of anilines is 1. The molecule has 8 heteroatoms. The number of aromatic amines is 1. The van der Waals surface area contributed by atoms with Crippen LogP contribution in [0.4, 0.5) is 5.82 Å². The Hall–Kier alpha value is -3.19. The van der Waals surface area contributed by atoms with E-state index in [1.807, 2.05) is 19.1 Å². The summed E-state index contributed by atoms with van der Waals surface area (Å²) < 4.78 is 4.87. The number of hydrogen-bond acceptors (Lipinski definition) is 6. The Bertz CT molecular complexity index is 1120. The summed E-state index contributed by atoms with van der Waals surface area (Å²) in [5.41, 5.74) is 3.13. The first-order chi connectivity index (χ1) is 12.6. The van der Waals surface area contributed by atoms with Crippen LogP contribution in [-0.4, -0.2) is 20.1 Å². The molecule has 1 aromatic carbocycles. The number of nitrogens with zero attached hydrogens (tertiary/aromatic N) is 3. The Morgan fingerprint density at radius 1 is 1.23 bits per heavy atom. The van der Waals surface area contributed by atoms with Crippen molar-refractivity contribution in [2.24, 2.45) is 0 Å². The number of benzene rings is 1. The maximum absolute atomic E-state index is 12.4. The highest BCUT2D eigenvalue weighted by atomic mass is 35.5. The fourth-order valence-electron chi connectivity index (χ4n) is 2.69. The summed E-state index contributed by atoms with van der Waals surface area (Å²) in [5, 5.41) is 7.47. The summed E-state index contributed by atoms with van der Waals surface area (Å²) in [6.07, 6.45) is 4.86. The van der Waals surface area contributed by atoms with E-state index in [1.165, 1.54) is 0 Å². The van der Waals surface area contributed by atoms with Gasteiger partial charge in [-0.3, -0.25) is 4.79 Å². The molecular weight excluding hydrogens is 354 g/mol. The average molecular weight is 368 g/mol. The van der Waals surface area contributed by atoms with Crippen LogP contribution in [-0.2, 0) is 0 Å². The zero-order valence-electron chi connectivity index (χ0n) is 13.7. The van der Waals surface area contributed by atoms with Crippen LogP contribution in [0, 0.1) is 0 Å². The van der Waals surface area contributed by atoms with Gasteiger partial charge in [0, 0.05) is 16.8 Å². The summed E-state index contributed by atoms with van der Waals surface area (Å²) >= 11 is 6.02. The molecule has 4 aromatic rings. The lowest BCUT2D eigenvalue weighted by Crippen LogP contribution is -2.22. The minimum Gasteiger partial charge on any atom is -0.364 e. The van der Waals surface area contributed by atoms with Gasteiger partial charge in [0.2, 0.25) is 0 Å². The Morgan fingerprint density at radius 3 is 2.92 bits per heavy atom. The van der Waals surface area contributed by atoms with Crippen molar-refractivity contribution in [3.63, 3.8) is 0 Å². The van der Waals surface area contributed by atoms with E-state index in [0.717, 1.165) is 11.1 Å². The number of pyridine rings is 1. The van der Waals surface area contributed by atoms with Gasteiger partial charge < -0.3 is 14.8 Å². The molecule has 0 aliphatic rings. The van der Waals surface area contributed by atoms with Gasteiger partial charge in [-0.1, -0.05) is 16.8 Å². The lowest BCUT2D eigenvalue weighted by Gasteiger charge is -2.14. The van der Waals surface area contributed by atoms with Crippen LogP contribution >= 0.6 is 11.6 Å². The molecular formula is C18H14ClN5O2. The Kier molecular flexibility index (Phi) is 4.14. The molecule has 0 aliphatic carbocycles. The average Bonchev–Trinajstić information content (AvgIpc) is 3.16. The van der Waals surface area contributed by atoms with Crippen molar-refractivity contribution in [3.8, 4) is 11.1 Å². The van der Waals surface area contributed by atoms with Crippen molar-refractivity contribution in [1.82, 2.24) is 20.1 Å². The molecule has 130 valence electrons. The van der Waals surface area contributed by atoms with Crippen LogP contribution in [0.3, 0.4) is 0 Å². The predicted molar refractivity (Wildman–Crippen MR) is 99.1 cm³/mol. The maximum atomic E-state index is 12.4. The number of fused-ring (bicyclic) bond motifs is 1. The molecule has 0 bridgehead atoms. The Morgan fingerprint density at radius 2 is 2.12 bits per heavy atom. The maximum Gasteiger partial charge on any atom is 0.272 e. The Balaban J connectivity index is 1.65. The molecule has 0 amide bonds. The fraction of sp³-hybridized carbons (Fsp3) is 0.111. The number of halogens is 1. The van der Waals surface area contributed by atoms with Crippen molar-refractivity contribution in [2.75, 3.05) is 5.32 Å². The van der Waals surface area contributed by atoms with Crippen LogP contribution in [0.25, 0.3) is 22.2 Å². The molecule has 0 fully saturated rings. The molecule has 0 spiro atoms. The van der Waals surface area contributed by atoms with Crippen molar-refractivity contribution >= 4 is 28.5 Å². The van der Waals surface area contributed by atoms with E-state index in [-0.39, 0.29) is 11.6 Å². The summed E-state index contributed by atoms with van der Waals surface area (Å²) in [7, 11) is 0. The van der Waals surface area contributed by atoms with E-state index in [2.05, 4.69) is 25.4 Å². The summed E-state index contributed by atoms with van der Waals surface area (Å²) in [5.74, 6) is 0.614. The normalized spacial score (nSPS) is 12.2. The van der Waals surface area contributed by atoms with Crippen LogP contribution in [0.15, 0.2) is 58.3 Å². The molecule has 3 aromatic heterocycles. The lowest BCUT2D eigenvalue weighted by atomic mass is 10.1. The Labute approximate surface area is 153 Å². The third-order valence-electron chi connectivity index (χ3n) is 3.98. The molecule has 2 N–H and O–H groups in total. The second-order valence-electron chi connectivity index (χ2n) is 5.82. The van der Waals surface area contributed by atoms with E-state index in [1.54, 1.807) is 36.9 Å². The smallest absolute Gasteiger partial charge is 0.272 e. The number of rotatable bonds is 4. The van der Waals surface area contributed by atoms with Crippen LogP contribution < -0.4 is 10.9 Å². The standard InChI is InChI=1S/C18H14ClN5O2/c1-10(17-18(25)24-14-3-2-13(19)7-15(14)23-17)22-16-6-11(4-5-20-16)12-8-21-26-9-12/h2-10H,1H3,(H,20,22)(H,24,25). The zero-order valence-corrected chi connectivity index (χ0v) is 14.5. The van der Waals surface area contributed by atoms with Gasteiger partial charge in [0.15, 0.2) is 0 Å². The lowest BCUT2D eigenvalue weighted by molar-refractivity contribution is 0.420. The van der Waals surface area contributed by atoms with Crippen LogP contribution in [0.2, 0.25) is 5.02 Å². The second-order valence-corrected chi connectivity index (χ2v) is 6.26. The van der Waals surface area contributed by atoms with E-state index >= 15 is 0 Å². The van der Waals surface area contributed by atoms with E-state index in [4.69, 9.17) is 16.1 Å². The van der Waals surface area contributed by atoms with Gasteiger partial charge >= 0.3 is 0 Å². The molecule has 1 atom stereocenters. The molecule has 26 heavy (non-hydrogen) atoms. The van der Waals surface area contributed by atoms with E-state index in [0.29, 0.717) is 27.6 Å². The molecule has 0 radical (unpaired) electrons. The summed E-state index contributed by atoms with van der Waals surface area (Å²) in [6, 6.07) is 8.52. The SMILES string of the molecule is CC(Nc1cc(-c2cnoc2)ccn1)c1nc2cc(Cl)ccc2[nH]c1=O. The summed E-state index contributed by atoms with van der Waals surface area (Å²) in [6.45, 7) is 1.85. The van der Waals surface area contributed by atoms with Crippen molar-refractivity contribution in [3.05, 3.63) is 70.1 Å². The highest BCUT2D eigenvalue weighted by molar-refractivity contribution is 6.31. The largest absolute Gasteiger partial charge is 0.364 e. The van der Waals surface area contributed by atoms with E-state index in [9.17, 15) is 4.79 Å². The van der Waals surface area contributed by atoms with Gasteiger partial charge in [-0.2, -0.15) is 0 Å². The van der Waals surface area contributed by atoms with E-state index < -0.39 is 0 Å². The minimum atomic E-state index is -0.354. The molecule has 0 saturated heterocycles. The number of H-pyrrole nitrogens is 1. The van der Waals surface area contributed by atoms with Gasteiger partial charge in [-0.15, -0.1) is 0 Å². The van der Waals surface area contributed by atoms with Crippen molar-refractivity contribution in [2.45, 2.75) is 13.0 Å². The molecule has 4 rings (SSSR count). The molecule has 7 nitrogen and oxygen atoms in total. The highest BCUT2D eigenvalue weighted by Crippen LogP contribution is 2.23. The van der Waals surface area contributed by atoms with Crippen LogP contribution in [0.1, 0.15) is 18.7 Å². The number of nitrogens with one attached hydrogen (secondary N) is 2. The van der Waals surface area contributed by atoms with Gasteiger partial charge in [-0.25, -0.2) is 9.97 Å². The molecule has 0 saturated carbocycles. The molecule has 1 unspecified atom stereocenters.